The van der Waals surface area contributed by atoms with E-state index in [9.17, 15) is 31.5 Å². The second-order valence-corrected chi connectivity index (χ2v) is 2.99. The lowest BCUT2D eigenvalue weighted by molar-refractivity contribution is -0.127. The molecule has 0 heterocycles. The highest BCUT2D eigenvalue weighted by atomic mass is 19.2. The number of carbonyl (C=O) groups excluding carboxylic acids is 2. The van der Waals surface area contributed by atoms with E-state index in [1.54, 1.807) is 0 Å². The van der Waals surface area contributed by atoms with Crippen LogP contribution in [-0.4, -0.2) is 11.9 Å². The van der Waals surface area contributed by atoms with Crippen LogP contribution in [0.3, 0.4) is 0 Å². The van der Waals surface area contributed by atoms with Crippen molar-refractivity contribution in [3.63, 3.8) is 0 Å². The zero-order valence-electron chi connectivity index (χ0n) is 8.61. The Hall–Kier alpha value is -2.19. The monoisotopic (exact) mass is 269 g/mol. The van der Waals surface area contributed by atoms with Crippen molar-refractivity contribution in [1.82, 2.24) is 5.48 Å². The third-order valence-corrected chi connectivity index (χ3v) is 1.70. The Morgan fingerprint density at radius 3 is 1.67 bits per heavy atom. The zero-order chi connectivity index (χ0) is 14.0. The van der Waals surface area contributed by atoms with Gasteiger partial charge in [-0.15, -0.1) is 0 Å². The summed E-state index contributed by atoms with van der Waals surface area (Å²) < 4.78 is 64.1. The zero-order valence-corrected chi connectivity index (χ0v) is 8.61. The van der Waals surface area contributed by atoms with Crippen molar-refractivity contribution in [1.29, 1.82) is 0 Å². The van der Waals surface area contributed by atoms with Crippen LogP contribution in [0.1, 0.15) is 17.3 Å². The van der Waals surface area contributed by atoms with Gasteiger partial charge in [-0.05, 0) is 0 Å². The van der Waals surface area contributed by atoms with E-state index in [2.05, 4.69) is 4.84 Å². The van der Waals surface area contributed by atoms with Crippen LogP contribution in [0.25, 0.3) is 0 Å². The number of hydroxylamine groups is 1. The summed E-state index contributed by atoms with van der Waals surface area (Å²) in [7, 11) is 0. The highest BCUT2D eigenvalue weighted by Crippen LogP contribution is 2.23. The van der Waals surface area contributed by atoms with Crippen LogP contribution in [0.15, 0.2) is 0 Å². The lowest BCUT2D eigenvalue weighted by Crippen LogP contribution is -2.26. The molecule has 1 aromatic carbocycles. The van der Waals surface area contributed by atoms with Gasteiger partial charge in [0.05, 0.1) is 0 Å². The fourth-order valence-electron chi connectivity index (χ4n) is 0.953. The maximum Gasteiger partial charge on any atom is 0.369 e. The molecule has 0 atom stereocenters. The van der Waals surface area contributed by atoms with Gasteiger partial charge in [-0.2, -0.15) is 5.48 Å². The summed E-state index contributed by atoms with van der Waals surface area (Å²) in [4.78, 5) is 25.2. The lowest BCUT2D eigenvalue weighted by Gasteiger charge is -2.07. The average Bonchev–Trinajstić information content (AvgIpc) is 2.31. The molecular weight excluding hydrogens is 265 g/mol. The Morgan fingerprint density at radius 1 is 0.889 bits per heavy atom. The van der Waals surface area contributed by atoms with E-state index in [1.807, 2.05) is 0 Å². The number of rotatable bonds is 1. The van der Waals surface area contributed by atoms with Gasteiger partial charge in [0.25, 0.3) is 0 Å². The average molecular weight is 269 g/mol. The molecule has 0 aliphatic carbocycles. The van der Waals surface area contributed by atoms with Gasteiger partial charge in [0.15, 0.2) is 23.3 Å². The Balaban J connectivity index is 3.24. The van der Waals surface area contributed by atoms with Crippen LogP contribution in [0, 0.1) is 29.1 Å². The summed E-state index contributed by atoms with van der Waals surface area (Å²) >= 11 is 0. The van der Waals surface area contributed by atoms with Crippen LogP contribution in [0.5, 0.6) is 0 Å². The van der Waals surface area contributed by atoms with Crippen molar-refractivity contribution in [2.45, 2.75) is 6.92 Å². The quantitative estimate of drug-likeness (QED) is 0.364. The van der Waals surface area contributed by atoms with Gasteiger partial charge < -0.3 is 4.84 Å². The molecule has 0 aromatic heterocycles. The topological polar surface area (TPSA) is 55.4 Å². The van der Waals surface area contributed by atoms with Gasteiger partial charge in [0.1, 0.15) is 5.56 Å². The lowest BCUT2D eigenvalue weighted by atomic mass is 10.1. The Bertz CT molecular complexity index is 502. The molecule has 1 amide bonds. The van der Waals surface area contributed by atoms with Crippen LogP contribution >= 0.6 is 0 Å². The summed E-state index contributed by atoms with van der Waals surface area (Å²) in [5, 5.41) is 0. The number of hydrogen-bond acceptors (Lipinski definition) is 3. The fourth-order valence-corrected chi connectivity index (χ4v) is 0.953. The fraction of sp³-hybridized carbons (Fsp3) is 0.111. The first kappa shape index (κ1) is 13.9. The summed E-state index contributed by atoms with van der Waals surface area (Å²) in [5.41, 5.74) is -0.400. The molecule has 0 unspecified atom stereocenters. The molecule has 98 valence electrons. The Morgan fingerprint density at radius 2 is 1.28 bits per heavy atom. The minimum Gasteiger partial charge on any atom is -0.335 e. The van der Waals surface area contributed by atoms with Crippen LogP contribution in [0.4, 0.5) is 22.0 Å². The van der Waals surface area contributed by atoms with Crippen LogP contribution < -0.4 is 5.48 Å². The third kappa shape index (κ3) is 2.39. The number of nitrogens with one attached hydrogen (secondary N) is 1. The van der Waals surface area contributed by atoms with Gasteiger partial charge in [0, 0.05) is 6.92 Å². The van der Waals surface area contributed by atoms with Gasteiger partial charge in [-0.25, -0.2) is 26.7 Å². The van der Waals surface area contributed by atoms with Gasteiger partial charge >= 0.3 is 5.97 Å². The number of hydrogen-bond donors (Lipinski definition) is 1. The molecule has 1 aromatic rings. The van der Waals surface area contributed by atoms with E-state index >= 15 is 0 Å². The summed E-state index contributed by atoms with van der Waals surface area (Å²) in [6.45, 7) is 0.895. The second-order valence-electron chi connectivity index (χ2n) is 2.99. The minimum atomic E-state index is -2.40. The Labute approximate surface area is 96.3 Å². The maximum absolute atomic E-state index is 13.0. The van der Waals surface area contributed by atoms with Crippen LogP contribution in [0.2, 0.25) is 0 Å². The largest absolute Gasteiger partial charge is 0.369 e. The molecule has 1 rings (SSSR count). The molecule has 0 saturated carbocycles. The van der Waals surface area contributed by atoms with E-state index in [0.29, 0.717) is 0 Å². The molecule has 18 heavy (non-hydrogen) atoms. The van der Waals surface area contributed by atoms with Crippen molar-refractivity contribution in [2.75, 3.05) is 0 Å². The van der Waals surface area contributed by atoms with Crippen molar-refractivity contribution < 1.29 is 36.4 Å². The number of halogens is 5. The van der Waals surface area contributed by atoms with Crippen LogP contribution in [-0.2, 0) is 9.63 Å². The molecule has 4 nitrogen and oxygen atoms in total. The molecule has 0 aliphatic heterocycles. The minimum absolute atomic E-state index is 0.895. The smallest absolute Gasteiger partial charge is 0.335 e. The first-order valence-corrected chi connectivity index (χ1v) is 4.26. The van der Waals surface area contributed by atoms with Crippen molar-refractivity contribution in [3.05, 3.63) is 34.6 Å². The summed E-state index contributed by atoms with van der Waals surface area (Å²) in [5.74, 6) is -14.5. The molecule has 0 fully saturated rings. The molecule has 0 aliphatic rings. The number of carbonyl (C=O) groups is 2. The number of benzene rings is 1. The predicted molar refractivity (Wildman–Crippen MR) is 45.5 cm³/mol. The van der Waals surface area contributed by atoms with Gasteiger partial charge in [-0.1, -0.05) is 0 Å². The standard InChI is InChI=1S/C9H4F5NO3/c1-2(16)15-18-9(17)3-4(10)6(12)8(14)7(13)5(3)11/h1H3,(H,15,16). The molecule has 9 heteroatoms. The highest BCUT2D eigenvalue weighted by Gasteiger charge is 2.31. The third-order valence-electron chi connectivity index (χ3n) is 1.70. The molecule has 0 radical (unpaired) electrons. The highest BCUT2D eigenvalue weighted by molar-refractivity contribution is 5.90. The SMILES string of the molecule is CC(=O)NOC(=O)c1c(F)c(F)c(F)c(F)c1F. The summed E-state index contributed by atoms with van der Waals surface area (Å²) in [6, 6.07) is 0. The predicted octanol–water partition coefficient (Wildman–Crippen LogP) is 1.59. The van der Waals surface area contributed by atoms with E-state index in [-0.39, 0.29) is 0 Å². The Kier molecular flexibility index (Phi) is 3.84. The van der Waals surface area contributed by atoms with E-state index in [1.165, 1.54) is 5.48 Å². The second kappa shape index (κ2) is 4.98. The normalized spacial score (nSPS) is 10.1. The van der Waals surface area contributed by atoms with Crippen molar-refractivity contribution in [2.24, 2.45) is 0 Å². The van der Waals surface area contributed by atoms with Gasteiger partial charge in [0.2, 0.25) is 11.7 Å². The van der Waals surface area contributed by atoms with Gasteiger partial charge in [-0.3, -0.25) is 4.79 Å². The molecule has 0 saturated heterocycles. The molecule has 1 N–H and O–H groups in total. The maximum atomic E-state index is 13.0. The first-order chi connectivity index (χ1) is 8.27. The van der Waals surface area contributed by atoms with E-state index < -0.39 is 46.5 Å². The molecule has 0 spiro atoms. The van der Waals surface area contributed by atoms with E-state index in [0.717, 1.165) is 6.92 Å². The van der Waals surface area contributed by atoms with Crippen molar-refractivity contribution in [3.8, 4) is 0 Å². The molecular formula is C9H4F5NO3. The van der Waals surface area contributed by atoms with Crippen molar-refractivity contribution >= 4 is 11.9 Å². The summed E-state index contributed by atoms with van der Waals surface area (Å²) in [6.07, 6.45) is 0. The number of amides is 1. The van der Waals surface area contributed by atoms with E-state index in [4.69, 9.17) is 0 Å². The molecule has 0 bridgehead atoms. The first-order valence-electron chi connectivity index (χ1n) is 4.26.